The van der Waals surface area contributed by atoms with Crippen LogP contribution in [0.2, 0.25) is 0 Å². The number of ether oxygens (including phenoxy) is 3. The molecular weight excluding hydrogens is 634 g/mol. The number of aliphatic imine (C=N–C) groups is 1. The number of carbonyl (C=O) groups is 2. The van der Waals surface area contributed by atoms with Gasteiger partial charge in [-0.15, -0.1) is 6.58 Å². The van der Waals surface area contributed by atoms with Gasteiger partial charge in [0.25, 0.3) is 11.6 Å². The van der Waals surface area contributed by atoms with Gasteiger partial charge in [-0.25, -0.2) is 9.79 Å². The molecule has 0 unspecified atom stereocenters. The van der Waals surface area contributed by atoms with Gasteiger partial charge in [0.2, 0.25) is 0 Å². The Bertz CT molecular complexity index is 1920. The van der Waals surface area contributed by atoms with E-state index in [-0.39, 0.29) is 30.3 Å². The minimum Gasteiger partial charge on any atom is -0.497 e. The molecule has 1 N–H and O–H groups in total. The summed E-state index contributed by atoms with van der Waals surface area (Å²) in [6.45, 7) is 4.11. The zero-order chi connectivity index (χ0) is 34.2. The van der Waals surface area contributed by atoms with Crippen molar-refractivity contribution in [3.63, 3.8) is 0 Å². The molecule has 5 rings (SSSR count). The van der Waals surface area contributed by atoms with Crippen molar-refractivity contribution in [1.29, 1.82) is 0 Å². The number of nitrogens with zero attached hydrogens (tertiary/aromatic N) is 3. The van der Waals surface area contributed by atoms with Gasteiger partial charge >= 0.3 is 5.97 Å². The average Bonchev–Trinajstić information content (AvgIpc) is 3.37. The van der Waals surface area contributed by atoms with Crippen molar-refractivity contribution in [3.05, 3.63) is 140 Å². The van der Waals surface area contributed by atoms with Gasteiger partial charge in [-0.3, -0.25) is 19.8 Å². The number of aromatic carboxylic acids is 1. The predicted octanol–water partition coefficient (Wildman–Crippen LogP) is 7.42. The van der Waals surface area contributed by atoms with Crippen LogP contribution in [0.25, 0.3) is 6.08 Å². The number of non-ortho nitro benzene ring substituents is 1. The monoisotopic (exact) mass is 665 g/mol. The summed E-state index contributed by atoms with van der Waals surface area (Å²) in [6.07, 6.45) is 3.91. The Morgan fingerprint density at radius 1 is 1.02 bits per heavy atom. The van der Waals surface area contributed by atoms with Gasteiger partial charge < -0.3 is 19.3 Å². The van der Waals surface area contributed by atoms with E-state index in [9.17, 15) is 24.8 Å². The van der Waals surface area contributed by atoms with Gasteiger partial charge in [-0.05, 0) is 89.5 Å². The molecular formula is C36H31N3O8S. The standard InChI is InChI=1S/C36H31N3O8S/c1-4-6-27-17-25(19-31(46-3)33(27)47-22-24-7-5-8-29(18-24)39(43)44)20-32-34(40)38(21-23-9-11-26(12-10-23)35(41)42)36(48-32)37-28-13-15-30(45-2)16-14-28/h4-5,7-20H,1,6,21-22H2,2-3H3,(H,41,42)/b32-20-,37-36?. The number of methoxy groups -OCH3 is 2. The van der Waals surface area contributed by atoms with Crippen LogP contribution in [-0.4, -0.2) is 46.2 Å². The van der Waals surface area contributed by atoms with Crippen LogP contribution in [0.1, 0.15) is 32.6 Å². The van der Waals surface area contributed by atoms with Crippen LogP contribution >= 0.6 is 11.8 Å². The number of benzene rings is 4. The third kappa shape index (κ3) is 7.91. The fourth-order valence-corrected chi connectivity index (χ4v) is 5.89. The Balaban J connectivity index is 1.47. The smallest absolute Gasteiger partial charge is 0.335 e. The summed E-state index contributed by atoms with van der Waals surface area (Å²) in [5, 5.41) is 21.0. The maximum Gasteiger partial charge on any atom is 0.335 e. The fourth-order valence-electron chi connectivity index (χ4n) is 4.89. The van der Waals surface area contributed by atoms with Gasteiger partial charge in [0, 0.05) is 17.7 Å². The highest BCUT2D eigenvalue weighted by molar-refractivity contribution is 8.18. The molecule has 0 radical (unpaired) electrons. The Morgan fingerprint density at radius 2 is 1.77 bits per heavy atom. The molecule has 0 bridgehead atoms. The second kappa shape index (κ2) is 15.1. The molecule has 244 valence electrons. The molecule has 12 heteroatoms. The van der Waals surface area contributed by atoms with Crippen molar-refractivity contribution in [1.82, 2.24) is 4.90 Å². The number of thioether (sulfide) groups is 1. The summed E-state index contributed by atoms with van der Waals surface area (Å²) in [4.78, 5) is 42.7. The minimum atomic E-state index is -1.03. The van der Waals surface area contributed by atoms with Crippen molar-refractivity contribution in [3.8, 4) is 17.2 Å². The molecule has 0 aliphatic carbocycles. The zero-order valence-electron chi connectivity index (χ0n) is 26.1. The highest BCUT2D eigenvalue weighted by Gasteiger charge is 2.34. The van der Waals surface area contributed by atoms with E-state index in [1.54, 1.807) is 78.8 Å². The first kappa shape index (κ1) is 33.5. The van der Waals surface area contributed by atoms with E-state index in [0.29, 0.717) is 50.6 Å². The number of carbonyl (C=O) groups excluding carboxylic acids is 1. The van der Waals surface area contributed by atoms with Crippen LogP contribution in [0.5, 0.6) is 17.2 Å². The number of carboxylic acid groups (broad SMARTS) is 1. The normalized spacial score (nSPS) is 14.3. The maximum absolute atomic E-state index is 13.9. The summed E-state index contributed by atoms with van der Waals surface area (Å²) < 4.78 is 17.1. The van der Waals surface area contributed by atoms with Crippen molar-refractivity contribution in [2.45, 2.75) is 19.6 Å². The topological polar surface area (TPSA) is 141 Å². The lowest BCUT2D eigenvalue weighted by molar-refractivity contribution is -0.384. The van der Waals surface area contributed by atoms with E-state index in [2.05, 4.69) is 6.58 Å². The van der Waals surface area contributed by atoms with Crippen molar-refractivity contribution < 1.29 is 33.8 Å². The zero-order valence-corrected chi connectivity index (χ0v) is 26.9. The number of amides is 1. The molecule has 1 heterocycles. The number of carboxylic acids is 1. The molecule has 0 spiro atoms. The van der Waals surface area contributed by atoms with E-state index in [4.69, 9.17) is 19.2 Å². The Labute approximate surface area is 280 Å². The molecule has 0 aromatic heterocycles. The van der Waals surface area contributed by atoms with Crippen molar-refractivity contribution in [2.24, 2.45) is 4.99 Å². The van der Waals surface area contributed by atoms with Crippen molar-refractivity contribution >= 4 is 46.3 Å². The predicted molar refractivity (Wildman–Crippen MR) is 184 cm³/mol. The second-order valence-corrected chi connectivity index (χ2v) is 11.5. The van der Waals surface area contributed by atoms with Gasteiger partial charge in [-0.1, -0.05) is 30.3 Å². The lowest BCUT2D eigenvalue weighted by Gasteiger charge is -2.16. The molecule has 1 aliphatic rings. The molecule has 11 nitrogen and oxygen atoms in total. The van der Waals surface area contributed by atoms with Crippen LogP contribution in [-0.2, 0) is 24.4 Å². The van der Waals surface area contributed by atoms with Crippen molar-refractivity contribution in [2.75, 3.05) is 14.2 Å². The van der Waals surface area contributed by atoms with E-state index in [0.717, 1.165) is 11.1 Å². The number of hydrogen-bond donors (Lipinski definition) is 1. The molecule has 0 atom stereocenters. The molecule has 4 aromatic carbocycles. The van der Waals surface area contributed by atoms with Crippen LogP contribution < -0.4 is 14.2 Å². The van der Waals surface area contributed by atoms with Gasteiger partial charge in [0.1, 0.15) is 12.4 Å². The van der Waals surface area contributed by atoms with Gasteiger partial charge in [0.05, 0.1) is 41.8 Å². The molecule has 4 aromatic rings. The minimum absolute atomic E-state index is 0.0312. The summed E-state index contributed by atoms with van der Waals surface area (Å²) in [7, 11) is 3.09. The lowest BCUT2D eigenvalue weighted by Crippen LogP contribution is -2.28. The largest absolute Gasteiger partial charge is 0.497 e. The molecule has 1 amide bonds. The van der Waals surface area contributed by atoms with E-state index < -0.39 is 10.9 Å². The summed E-state index contributed by atoms with van der Waals surface area (Å²) in [5.41, 5.74) is 3.53. The number of rotatable bonds is 13. The maximum atomic E-state index is 13.9. The second-order valence-electron chi connectivity index (χ2n) is 10.5. The summed E-state index contributed by atoms with van der Waals surface area (Å²) >= 11 is 1.22. The quantitative estimate of drug-likeness (QED) is 0.0668. The molecule has 1 saturated heterocycles. The van der Waals surface area contributed by atoms with Gasteiger partial charge in [-0.2, -0.15) is 0 Å². The third-order valence-corrected chi connectivity index (χ3v) is 8.27. The number of allylic oxidation sites excluding steroid dienone is 1. The first-order chi connectivity index (χ1) is 23.2. The van der Waals surface area contributed by atoms with E-state index in [1.807, 2.05) is 6.07 Å². The highest BCUT2D eigenvalue weighted by Crippen LogP contribution is 2.39. The highest BCUT2D eigenvalue weighted by atomic mass is 32.2. The van der Waals surface area contributed by atoms with Crippen LogP contribution in [0.3, 0.4) is 0 Å². The van der Waals surface area contributed by atoms with E-state index in [1.165, 1.54) is 43.1 Å². The number of nitro groups is 1. The average molecular weight is 666 g/mol. The Kier molecular flexibility index (Phi) is 10.6. The summed E-state index contributed by atoms with van der Waals surface area (Å²) in [6, 6.07) is 23.3. The molecule has 1 fully saturated rings. The Hall–Kier alpha value is -5.88. The van der Waals surface area contributed by atoms with Crippen LogP contribution in [0.4, 0.5) is 11.4 Å². The SMILES string of the molecule is C=CCc1cc(/C=C2\SC(=Nc3ccc(OC)cc3)N(Cc3ccc(C(=O)O)cc3)C2=O)cc(OC)c1OCc1cccc([N+](=O)[O-])c1. The summed E-state index contributed by atoms with van der Waals surface area (Å²) in [5.74, 6) is 0.249. The van der Waals surface area contributed by atoms with E-state index >= 15 is 0 Å². The van der Waals surface area contributed by atoms with Crippen LogP contribution in [0.15, 0.2) is 107 Å². The number of hydrogen-bond acceptors (Lipinski definition) is 9. The van der Waals surface area contributed by atoms with Crippen LogP contribution in [0, 0.1) is 10.1 Å². The Morgan fingerprint density at radius 3 is 2.42 bits per heavy atom. The molecule has 0 saturated carbocycles. The number of amidine groups is 1. The molecule has 48 heavy (non-hydrogen) atoms. The first-order valence-corrected chi connectivity index (χ1v) is 15.4. The third-order valence-electron chi connectivity index (χ3n) is 7.27. The number of nitro benzene ring substituents is 1. The first-order valence-electron chi connectivity index (χ1n) is 14.6. The lowest BCUT2D eigenvalue weighted by atomic mass is 10.0. The van der Waals surface area contributed by atoms with Gasteiger partial charge in [0.15, 0.2) is 16.7 Å². The fraction of sp³-hybridized carbons (Fsp3) is 0.139. The molecule has 1 aliphatic heterocycles.